The van der Waals surface area contributed by atoms with Gasteiger partial charge in [0.15, 0.2) is 5.65 Å². The molecule has 1 atom stereocenters. The van der Waals surface area contributed by atoms with Crippen LogP contribution in [0.5, 0.6) is 5.75 Å². The molecule has 1 fully saturated rings. The van der Waals surface area contributed by atoms with E-state index in [0.29, 0.717) is 48.0 Å². The van der Waals surface area contributed by atoms with Crippen molar-refractivity contribution in [2.75, 3.05) is 24.5 Å². The molecule has 12 heteroatoms. The average molecular weight is 555 g/mol. The van der Waals surface area contributed by atoms with Crippen LogP contribution in [0.25, 0.3) is 27.3 Å². The highest BCUT2D eigenvalue weighted by Crippen LogP contribution is 2.39. The molecule has 4 heterocycles. The number of thiazole rings is 1. The molecular weight excluding hydrogens is 531 g/mol. The van der Waals surface area contributed by atoms with Crippen LogP contribution in [0.15, 0.2) is 47.2 Å². The molecular formula is C26H24ClFN6O3S. The minimum absolute atomic E-state index is 0.00271. The largest absolute Gasteiger partial charge is 0.507 e. The Bertz CT molecular complexity index is 1620. The van der Waals surface area contributed by atoms with Gasteiger partial charge in [-0.3, -0.25) is 4.79 Å². The smallest absolute Gasteiger partial charge is 0.356 e. The first-order valence-electron chi connectivity index (χ1n) is 12.0. The second-order valence-electron chi connectivity index (χ2n) is 8.87. The Labute approximate surface area is 226 Å². The molecule has 5 rings (SSSR count). The van der Waals surface area contributed by atoms with E-state index in [1.54, 1.807) is 16.5 Å². The maximum Gasteiger partial charge on any atom is 0.356 e. The van der Waals surface area contributed by atoms with Gasteiger partial charge in [0.1, 0.15) is 22.4 Å². The number of phenols is 1. The number of pyridine rings is 1. The van der Waals surface area contributed by atoms with Gasteiger partial charge in [-0.1, -0.05) is 31.2 Å². The van der Waals surface area contributed by atoms with Crippen molar-refractivity contribution < 1.29 is 14.3 Å². The molecule has 4 aromatic rings. The first kappa shape index (κ1) is 25.8. The van der Waals surface area contributed by atoms with Crippen LogP contribution < -0.4 is 10.6 Å². The van der Waals surface area contributed by atoms with Crippen LogP contribution in [0, 0.1) is 5.82 Å². The van der Waals surface area contributed by atoms with E-state index in [-0.39, 0.29) is 39.6 Å². The standard InChI is InChI=1S/C26H24ClFN6O3S/c1-4-18-25(38-13-29-18)34-24-15(11-16(27)22(30-24)21-17(28)7-6-8-19(21)35)23(31-26(34)37)33-10-9-32(12-14(33)3)20(36)5-2/h5-8,11,13-14,35H,2,4,9-10,12H2,1,3H3/t14-/m0/s1. The number of anilines is 1. The van der Waals surface area contributed by atoms with Crippen molar-refractivity contribution in [1.29, 1.82) is 0 Å². The molecule has 0 bridgehead atoms. The SMILES string of the molecule is C=CC(=O)N1CCN(c2nc(=O)n(-c3scnc3CC)c3nc(-c4c(O)cccc4F)c(Cl)cc23)[C@@H](C)C1. The molecule has 0 radical (unpaired) electrons. The number of fused-ring (bicyclic) bond motifs is 1. The van der Waals surface area contributed by atoms with E-state index in [9.17, 15) is 19.1 Å². The van der Waals surface area contributed by atoms with E-state index in [4.69, 9.17) is 11.6 Å². The van der Waals surface area contributed by atoms with E-state index >= 15 is 0 Å². The zero-order chi connectivity index (χ0) is 27.1. The zero-order valence-electron chi connectivity index (χ0n) is 20.7. The summed E-state index contributed by atoms with van der Waals surface area (Å²) in [6.45, 7) is 8.66. The molecule has 1 amide bonds. The maximum absolute atomic E-state index is 14.8. The summed E-state index contributed by atoms with van der Waals surface area (Å²) in [7, 11) is 0. The fourth-order valence-electron chi connectivity index (χ4n) is 4.72. The summed E-state index contributed by atoms with van der Waals surface area (Å²) in [5.74, 6) is -0.835. The van der Waals surface area contributed by atoms with Crippen molar-refractivity contribution in [3.05, 3.63) is 69.4 Å². The van der Waals surface area contributed by atoms with Crippen LogP contribution in [0.3, 0.4) is 0 Å². The zero-order valence-corrected chi connectivity index (χ0v) is 22.3. The molecule has 38 heavy (non-hydrogen) atoms. The van der Waals surface area contributed by atoms with Gasteiger partial charge in [0.25, 0.3) is 0 Å². The molecule has 1 aromatic carbocycles. The maximum atomic E-state index is 14.8. The van der Waals surface area contributed by atoms with Crippen LogP contribution in [0.4, 0.5) is 10.2 Å². The van der Waals surface area contributed by atoms with Crippen LogP contribution in [0.2, 0.25) is 5.02 Å². The number of aromatic nitrogens is 4. The summed E-state index contributed by atoms with van der Waals surface area (Å²) in [5, 5.41) is 11.5. The number of nitrogens with zero attached hydrogens (tertiary/aromatic N) is 6. The number of hydrogen-bond acceptors (Lipinski definition) is 8. The molecule has 1 aliphatic heterocycles. The Balaban J connectivity index is 1.77. The number of halogens is 2. The number of carbonyl (C=O) groups excluding carboxylic acids is 1. The van der Waals surface area contributed by atoms with Gasteiger partial charge < -0.3 is 14.9 Å². The first-order chi connectivity index (χ1) is 18.2. The molecule has 0 spiro atoms. The molecule has 1 saturated heterocycles. The average Bonchev–Trinajstić information content (AvgIpc) is 3.36. The molecule has 0 unspecified atom stereocenters. The Morgan fingerprint density at radius 2 is 2.13 bits per heavy atom. The number of amides is 1. The second kappa shape index (κ2) is 10.1. The van der Waals surface area contributed by atoms with Crippen molar-refractivity contribution in [3.8, 4) is 22.0 Å². The highest BCUT2D eigenvalue weighted by atomic mass is 35.5. The van der Waals surface area contributed by atoms with Gasteiger partial charge in [-0.05, 0) is 37.6 Å². The quantitative estimate of drug-likeness (QED) is 0.369. The van der Waals surface area contributed by atoms with Crippen molar-refractivity contribution in [3.63, 3.8) is 0 Å². The van der Waals surface area contributed by atoms with Gasteiger partial charge >= 0.3 is 5.69 Å². The minimum atomic E-state index is -0.703. The summed E-state index contributed by atoms with van der Waals surface area (Å²) >= 11 is 7.91. The lowest BCUT2D eigenvalue weighted by Gasteiger charge is -2.40. The Kier molecular flexibility index (Phi) is 6.89. The van der Waals surface area contributed by atoms with Crippen molar-refractivity contribution in [1.82, 2.24) is 24.4 Å². The number of benzene rings is 1. The second-order valence-corrected chi connectivity index (χ2v) is 10.1. The van der Waals surface area contributed by atoms with Gasteiger partial charge in [0.05, 0.1) is 32.9 Å². The summed E-state index contributed by atoms with van der Waals surface area (Å²) in [6, 6.07) is 5.33. The van der Waals surface area contributed by atoms with Crippen LogP contribution in [-0.4, -0.2) is 61.1 Å². The first-order valence-corrected chi connectivity index (χ1v) is 13.2. The molecule has 196 valence electrons. The van der Waals surface area contributed by atoms with Crippen molar-refractivity contribution >= 4 is 45.7 Å². The van der Waals surface area contributed by atoms with Crippen molar-refractivity contribution in [2.45, 2.75) is 26.3 Å². The van der Waals surface area contributed by atoms with Gasteiger partial charge in [0, 0.05) is 25.7 Å². The highest BCUT2D eigenvalue weighted by Gasteiger charge is 2.30. The third-order valence-corrected chi connectivity index (χ3v) is 7.71. The highest BCUT2D eigenvalue weighted by molar-refractivity contribution is 7.12. The predicted molar refractivity (Wildman–Crippen MR) is 146 cm³/mol. The summed E-state index contributed by atoms with van der Waals surface area (Å²) in [6.07, 6.45) is 1.85. The molecule has 1 aliphatic rings. The number of phenolic OH excluding ortho intramolecular Hbond substituents is 1. The van der Waals surface area contributed by atoms with E-state index in [1.807, 2.05) is 18.7 Å². The van der Waals surface area contributed by atoms with Crippen LogP contribution in [-0.2, 0) is 11.2 Å². The number of carbonyl (C=O) groups is 1. The normalized spacial score (nSPS) is 15.7. The minimum Gasteiger partial charge on any atom is -0.507 e. The molecule has 0 aliphatic carbocycles. The van der Waals surface area contributed by atoms with E-state index in [0.717, 1.165) is 0 Å². The van der Waals surface area contributed by atoms with E-state index < -0.39 is 11.5 Å². The van der Waals surface area contributed by atoms with Gasteiger partial charge in [-0.15, -0.1) is 11.3 Å². The summed E-state index contributed by atoms with van der Waals surface area (Å²) in [5.41, 5.74) is 1.78. The number of piperazine rings is 1. The molecule has 1 N–H and O–H groups in total. The number of hydrogen-bond donors (Lipinski definition) is 1. The Morgan fingerprint density at radius 1 is 1.34 bits per heavy atom. The molecule has 0 saturated carbocycles. The topological polar surface area (TPSA) is 104 Å². The van der Waals surface area contributed by atoms with Gasteiger partial charge in [0.2, 0.25) is 5.91 Å². The van der Waals surface area contributed by atoms with Crippen LogP contribution in [0.1, 0.15) is 19.5 Å². The Morgan fingerprint density at radius 3 is 2.82 bits per heavy atom. The third-order valence-electron chi connectivity index (χ3n) is 6.57. The summed E-state index contributed by atoms with van der Waals surface area (Å²) in [4.78, 5) is 42.8. The van der Waals surface area contributed by atoms with Crippen molar-refractivity contribution in [2.24, 2.45) is 0 Å². The lowest BCUT2D eigenvalue weighted by molar-refractivity contribution is -0.126. The fraction of sp³-hybridized carbons (Fsp3) is 0.269. The lowest BCUT2D eigenvalue weighted by atomic mass is 10.1. The van der Waals surface area contributed by atoms with Gasteiger partial charge in [-0.25, -0.2) is 23.7 Å². The number of rotatable bonds is 5. The molecule has 3 aromatic heterocycles. The number of aryl methyl sites for hydroxylation is 1. The van der Waals surface area contributed by atoms with E-state index in [1.165, 1.54) is 40.2 Å². The summed E-state index contributed by atoms with van der Waals surface area (Å²) < 4.78 is 16.2. The lowest BCUT2D eigenvalue weighted by Crippen LogP contribution is -2.54. The van der Waals surface area contributed by atoms with Crippen LogP contribution >= 0.6 is 22.9 Å². The van der Waals surface area contributed by atoms with E-state index in [2.05, 4.69) is 21.5 Å². The number of aromatic hydroxyl groups is 1. The van der Waals surface area contributed by atoms with Gasteiger partial charge in [-0.2, -0.15) is 4.98 Å². The predicted octanol–water partition coefficient (Wildman–Crippen LogP) is 4.19. The molecule has 9 nitrogen and oxygen atoms in total. The third kappa shape index (κ3) is 4.31. The monoisotopic (exact) mass is 554 g/mol. The fourth-order valence-corrected chi connectivity index (χ4v) is 5.85. The Hall–Kier alpha value is -3.83.